The van der Waals surface area contributed by atoms with Crippen LogP contribution >= 0.6 is 0 Å². The van der Waals surface area contributed by atoms with Crippen molar-refractivity contribution in [3.05, 3.63) is 0 Å². The van der Waals surface area contributed by atoms with Crippen molar-refractivity contribution in [2.24, 2.45) is 11.8 Å². The summed E-state index contributed by atoms with van der Waals surface area (Å²) in [6.07, 6.45) is 9.14. The molecule has 2 aliphatic carbocycles. The van der Waals surface area contributed by atoms with Gasteiger partial charge in [-0.05, 0) is 57.3 Å². The number of esters is 1. The topological polar surface area (TPSA) is 104 Å². The molecule has 2 rings (SSSR count). The van der Waals surface area contributed by atoms with E-state index in [-0.39, 0.29) is 42.2 Å². The Labute approximate surface area is 192 Å². The average molecular weight is 461 g/mol. The molecule has 0 saturated heterocycles. The monoisotopic (exact) mass is 460 g/mol. The van der Waals surface area contributed by atoms with E-state index in [4.69, 9.17) is 14.2 Å². The Kier molecular flexibility index (Phi) is 13.7. The summed E-state index contributed by atoms with van der Waals surface area (Å²) in [7, 11) is 0. The lowest BCUT2D eigenvalue weighted by atomic mass is 9.84. The smallest absolute Gasteiger partial charge is 0.309 e. The normalized spacial score (nSPS) is 30.9. The number of ether oxygens (including phenoxy) is 3. The van der Waals surface area contributed by atoms with Gasteiger partial charge in [0.25, 0.3) is 0 Å². The quantitative estimate of drug-likeness (QED) is 0.152. The molecule has 0 aromatic rings. The van der Waals surface area contributed by atoms with Gasteiger partial charge in [0.2, 0.25) is 0 Å². The van der Waals surface area contributed by atoms with E-state index in [2.05, 4.69) is 23.6 Å². The molecule has 6 atom stereocenters. The Morgan fingerprint density at radius 2 is 1.31 bits per heavy atom. The Bertz CT molecular complexity index is 502. The van der Waals surface area contributed by atoms with Gasteiger partial charge in [0, 0.05) is 13.2 Å². The largest absolute Gasteiger partial charge is 0.465 e. The first kappa shape index (κ1) is 27.5. The molecule has 32 heavy (non-hydrogen) atoms. The summed E-state index contributed by atoms with van der Waals surface area (Å²) in [6.45, 7) is 5.89. The molecule has 0 aliphatic heterocycles. The fraction of sp³-hybridized carbons (Fsp3) is 0.958. The van der Waals surface area contributed by atoms with Crippen LogP contribution in [-0.4, -0.2) is 60.7 Å². The molecule has 0 radical (unpaired) electrons. The van der Waals surface area contributed by atoms with Crippen molar-refractivity contribution < 1.29 is 39.3 Å². The van der Waals surface area contributed by atoms with Crippen molar-refractivity contribution in [1.82, 2.24) is 0 Å². The zero-order valence-corrected chi connectivity index (χ0v) is 19.9. The van der Waals surface area contributed by atoms with Gasteiger partial charge in [-0.2, -0.15) is 0 Å². The van der Waals surface area contributed by atoms with Gasteiger partial charge in [0.1, 0.15) is 12.2 Å². The van der Waals surface area contributed by atoms with Crippen molar-refractivity contribution in [2.75, 3.05) is 19.8 Å². The fourth-order valence-electron chi connectivity index (χ4n) is 4.73. The molecule has 0 heterocycles. The van der Waals surface area contributed by atoms with Crippen LogP contribution in [0, 0.1) is 11.8 Å². The Morgan fingerprint density at radius 1 is 0.750 bits per heavy atom. The van der Waals surface area contributed by atoms with E-state index in [1.807, 2.05) is 0 Å². The van der Waals surface area contributed by atoms with Crippen molar-refractivity contribution >= 4 is 5.97 Å². The van der Waals surface area contributed by atoms with Crippen molar-refractivity contribution in [3.63, 3.8) is 0 Å². The molecule has 188 valence electrons. The van der Waals surface area contributed by atoms with Crippen LogP contribution in [0.2, 0.25) is 0 Å². The molecule has 0 bridgehead atoms. The molecule has 2 fully saturated rings. The average Bonchev–Trinajstić information content (AvgIpc) is 2.83. The standard InChI is InChI=1S/C24H44O8/c1-3-5-7-13-28-22-15-18(9-11-20(22)31-26)17-30-24(25)19-10-12-21(32-27)23(16-19)29-14-8-6-4-2/h18-23,26-27H,3-17H2,1-2H3. The van der Waals surface area contributed by atoms with E-state index in [1.165, 1.54) is 0 Å². The molecule has 0 amide bonds. The lowest BCUT2D eigenvalue weighted by molar-refractivity contribution is -0.309. The molecule has 8 heteroatoms. The van der Waals surface area contributed by atoms with E-state index in [1.54, 1.807) is 0 Å². The zero-order chi connectivity index (χ0) is 23.2. The van der Waals surface area contributed by atoms with Crippen molar-refractivity contribution in [1.29, 1.82) is 0 Å². The third kappa shape index (κ3) is 9.23. The second-order valence-electron chi connectivity index (χ2n) is 9.34. The summed E-state index contributed by atoms with van der Waals surface area (Å²) in [4.78, 5) is 22.0. The lowest BCUT2D eigenvalue weighted by Gasteiger charge is -2.35. The maximum Gasteiger partial charge on any atom is 0.309 e. The number of rotatable bonds is 15. The predicted molar refractivity (Wildman–Crippen MR) is 119 cm³/mol. The van der Waals surface area contributed by atoms with Gasteiger partial charge < -0.3 is 14.2 Å². The molecular formula is C24H44O8. The highest BCUT2D eigenvalue weighted by Crippen LogP contribution is 2.32. The predicted octanol–water partition coefficient (Wildman–Crippen LogP) is 5.00. The van der Waals surface area contributed by atoms with E-state index in [0.29, 0.717) is 51.9 Å². The van der Waals surface area contributed by atoms with E-state index >= 15 is 0 Å². The first-order valence-electron chi connectivity index (χ1n) is 12.6. The Hall–Kier alpha value is -0.770. The molecular weight excluding hydrogens is 416 g/mol. The molecule has 2 saturated carbocycles. The number of carbonyl (C=O) groups is 1. The van der Waals surface area contributed by atoms with Gasteiger partial charge in [0.05, 0.1) is 24.7 Å². The highest BCUT2D eigenvalue weighted by molar-refractivity contribution is 5.72. The van der Waals surface area contributed by atoms with Crippen LogP contribution in [0.3, 0.4) is 0 Å². The molecule has 2 N–H and O–H groups in total. The molecule has 8 nitrogen and oxygen atoms in total. The van der Waals surface area contributed by atoms with Crippen LogP contribution in [0.5, 0.6) is 0 Å². The highest BCUT2D eigenvalue weighted by atomic mass is 17.1. The van der Waals surface area contributed by atoms with Gasteiger partial charge in [-0.3, -0.25) is 15.3 Å². The molecule has 0 aromatic heterocycles. The number of unbranched alkanes of at least 4 members (excludes halogenated alkanes) is 4. The molecule has 2 aliphatic rings. The minimum atomic E-state index is -0.389. The minimum absolute atomic E-state index is 0.174. The van der Waals surface area contributed by atoms with Crippen molar-refractivity contribution in [3.8, 4) is 0 Å². The number of hydrogen-bond donors (Lipinski definition) is 2. The summed E-state index contributed by atoms with van der Waals surface area (Å²) in [5.41, 5.74) is 0. The molecule has 6 unspecified atom stereocenters. The van der Waals surface area contributed by atoms with Crippen LogP contribution < -0.4 is 0 Å². The maximum atomic E-state index is 12.7. The van der Waals surface area contributed by atoms with Gasteiger partial charge in [-0.25, -0.2) is 9.78 Å². The SMILES string of the molecule is CCCCCOC1CC(COC(=O)C2CCC(OO)C(OCCCCC)C2)CCC1OO. The maximum absolute atomic E-state index is 12.7. The number of hydrogen-bond acceptors (Lipinski definition) is 8. The van der Waals surface area contributed by atoms with Gasteiger partial charge in [-0.15, -0.1) is 0 Å². The van der Waals surface area contributed by atoms with Gasteiger partial charge in [0.15, 0.2) is 0 Å². The molecule has 0 aromatic carbocycles. The second-order valence-corrected chi connectivity index (χ2v) is 9.34. The minimum Gasteiger partial charge on any atom is -0.465 e. The summed E-state index contributed by atoms with van der Waals surface area (Å²) < 4.78 is 17.5. The summed E-state index contributed by atoms with van der Waals surface area (Å²) in [5, 5.41) is 18.4. The molecule has 0 spiro atoms. The van der Waals surface area contributed by atoms with Gasteiger partial charge >= 0.3 is 5.97 Å². The Morgan fingerprint density at radius 3 is 1.88 bits per heavy atom. The van der Waals surface area contributed by atoms with E-state index in [0.717, 1.165) is 44.9 Å². The van der Waals surface area contributed by atoms with E-state index in [9.17, 15) is 15.3 Å². The summed E-state index contributed by atoms with van der Waals surface area (Å²) in [6, 6.07) is 0. The van der Waals surface area contributed by atoms with Crippen molar-refractivity contribution in [2.45, 2.75) is 115 Å². The first-order valence-corrected chi connectivity index (χ1v) is 12.6. The fourth-order valence-corrected chi connectivity index (χ4v) is 4.73. The van der Waals surface area contributed by atoms with E-state index < -0.39 is 0 Å². The third-order valence-corrected chi connectivity index (χ3v) is 6.80. The highest BCUT2D eigenvalue weighted by Gasteiger charge is 2.37. The van der Waals surface area contributed by atoms with Crippen LogP contribution in [0.4, 0.5) is 0 Å². The van der Waals surface area contributed by atoms with Gasteiger partial charge in [-0.1, -0.05) is 39.5 Å². The van der Waals surface area contributed by atoms with Crippen LogP contribution in [0.1, 0.15) is 90.9 Å². The third-order valence-electron chi connectivity index (χ3n) is 6.80. The zero-order valence-electron chi connectivity index (χ0n) is 19.9. The van der Waals surface area contributed by atoms with Crippen LogP contribution in [-0.2, 0) is 28.8 Å². The van der Waals surface area contributed by atoms with Crippen LogP contribution in [0.15, 0.2) is 0 Å². The number of carbonyl (C=O) groups excluding carboxylic acids is 1. The Balaban J connectivity index is 1.76. The lowest BCUT2D eigenvalue weighted by Crippen LogP contribution is -2.41. The first-order chi connectivity index (χ1) is 15.6. The summed E-state index contributed by atoms with van der Waals surface area (Å²) >= 11 is 0. The second kappa shape index (κ2) is 16.0. The summed E-state index contributed by atoms with van der Waals surface area (Å²) in [5.74, 6) is -0.250. The van der Waals surface area contributed by atoms with Crippen LogP contribution in [0.25, 0.3) is 0 Å².